The summed E-state index contributed by atoms with van der Waals surface area (Å²) in [5.41, 5.74) is 0.988. The number of rotatable bonds is 6. The molecule has 0 bridgehead atoms. The van der Waals surface area contributed by atoms with Crippen LogP contribution >= 0.6 is 12.4 Å². The largest absolute Gasteiger partial charge is 0.492 e. The van der Waals surface area contributed by atoms with Crippen molar-refractivity contribution < 1.29 is 9.26 Å². The van der Waals surface area contributed by atoms with E-state index in [1.165, 1.54) is 0 Å². The van der Waals surface area contributed by atoms with Crippen molar-refractivity contribution in [1.29, 1.82) is 0 Å². The van der Waals surface area contributed by atoms with Gasteiger partial charge < -0.3 is 14.2 Å². The number of halogens is 1. The number of hydrogen-bond donors (Lipinski definition) is 0. The predicted molar refractivity (Wildman–Crippen MR) is 85.7 cm³/mol. The van der Waals surface area contributed by atoms with Crippen molar-refractivity contribution in [3.63, 3.8) is 0 Å². The molecule has 1 aromatic carbocycles. The van der Waals surface area contributed by atoms with E-state index in [4.69, 9.17) is 9.26 Å². The SMILES string of the molecule is Cc1noc(/C=C/c2ccccc2OCCN(C)C)n1.Cl. The van der Waals surface area contributed by atoms with Gasteiger partial charge in [0.15, 0.2) is 5.82 Å². The lowest BCUT2D eigenvalue weighted by Crippen LogP contribution is -2.19. The van der Waals surface area contributed by atoms with Crippen molar-refractivity contribution in [3.05, 3.63) is 41.5 Å². The molecule has 0 unspecified atom stereocenters. The predicted octanol–water partition coefficient (Wildman–Crippen LogP) is 2.91. The third kappa shape index (κ3) is 5.57. The van der Waals surface area contributed by atoms with E-state index in [9.17, 15) is 0 Å². The van der Waals surface area contributed by atoms with Gasteiger partial charge >= 0.3 is 0 Å². The van der Waals surface area contributed by atoms with E-state index in [0.29, 0.717) is 18.3 Å². The molecule has 2 aromatic rings. The molecule has 0 spiro atoms. The molecule has 0 saturated heterocycles. The quantitative estimate of drug-likeness (QED) is 0.821. The van der Waals surface area contributed by atoms with Crippen LogP contribution in [0.1, 0.15) is 17.3 Å². The van der Waals surface area contributed by atoms with E-state index >= 15 is 0 Å². The molecule has 0 atom stereocenters. The fraction of sp³-hybridized carbons (Fsp3) is 0.333. The molecule has 0 radical (unpaired) electrons. The maximum absolute atomic E-state index is 5.78. The highest BCUT2D eigenvalue weighted by Gasteiger charge is 2.02. The Hall–Kier alpha value is -1.85. The first kappa shape index (κ1) is 17.2. The van der Waals surface area contributed by atoms with Crippen LogP contribution in [0.5, 0.6) is 5.75 Å². The Morgan fingerprint density at radius 3 is 2.67 bits per heavy atom. The second kappa shape index (κ2) is 8.44. The number of para-hydroxylation sites is 1. The summed E-state index contributed by atoms with van der Waals surface area (Å²) in [7, 11) is 4.04. The molecule has 1 heterocycles. The summed E-state index contributed by atoms with van der Waals surface area (Å²) in [4.78, 5) is 6.21. The minimum Gasteiger partial charge on any atom is -0.492 e. The normalized spacial score (nSPS) is 10.9. The third-order valence-corrected chi connectivity index (χ3v) is 2.66. The van der Waals surface area contributed by atoms with Gasteiger partial charge in [-0.15, -0.1) is 12.4 Å². The van der Waals surface area contributed by atoms with Gasteiger partial charge in [0.1, 0.15) is 12.4 Å². The average molecular weight is 310 g/mol. The third-order valence-electron chi connectivity index (χ3n) is 2.66. The molecule has 21 heavy (non-hydrogen) atoms. The van der Waals surface area contributed by atoms with Gasteiger partial charge in [-0.3, -0.25) is 0 Å². The molecular weight excluding hydrogens is 290 g/mol. The van der Waals surface area contributed by atoms with Crippen molar-refractivity contribution >= 4 is 24.6 Å². The summed E-state index contributed by atoms with van der Waals surface area (Å²) >= 11 is 0. The van der Waals surface area contributed by atoms with Crippen LogP contribution in [0, 0.1) is 6.92 Å². The number of ether oxygens (including phenoxy) is 1. The fourth-order valence-corrected chi connectivity index (χ4v) is 1.63. The van der Waals surface area contributed by atoms with Crippen LogP contribution < -0.4 is 4.74 Å². The Bertz CT molecular complexity index is 582. The van der Waals surface area contributed by atoms with Crippen molar-refractivity contribution in [2.75, 3.05) is 27.2 Å². The highest BCUT2D eigenvalue weighted by molar-refractivity contribution is 5.85. The number of hydrogen-bond acceptors (Lipinski definition) is 5. The van der Waals surface area contributed by atoms with Crippen molar-refractivity contribution in [1.82, 2.24) is 15.0 Å². The molecule has 0 aliphatic carbocycles. The average Bonchev–Trinajstić information content (AvgIpc) is 2.83. The minimum absolute atomic E-state index is 0. The molecular formula is C15H20ClN3O2. The van der Waals surface area contributed by atoms with Crippen molar-refractivity contribution in [2.45, 2.75) is 6.92 Å². The summed E-state index contributed by atoms with van der Waals surface area (Å²) in [5, 5.41) is 3.75. The smallest absolute Gasteiger partial charge is 0.250 e. The highest BCUT2D eigenvalue weighted by atomic mass is 35.5. The lowest BCUT2D eigenvalue weighted by molar-refractivity contribution is 0.261. The molecule has 5 nitrogen and oxygen atoms in total. The van der Waals surface area contributed by atoms with E-state index in [1.54, 1.807) is 13.0 Å². The van der Waals surface area contributed by atoms with Gasteiger partial charge in [0, 0.05) is 18.2 Å². The molecule has 0 fully saturated rings. The van der Waals surface area contributed by atoms with Gasteiger partial charge in [0.25, 0.3) is 5.89 Å². The summed E-state index contributed by atoms with van der Waals surface area (Å²) in [6.07, 6.45) is 3.70. The standard InChI is InChI=1S/C15H19N3O2.ClH/c1-12-16-15(20-17-12)9-8-13-6-4-5-7-14(13)19-11-10-18(2)3;/h4-9H,10-11H2,1-3H3;1H/b9-8+;. The molecule has 2 rings (SSSR count). The summed E-state index contributed by atoms with van der Waals surface area (Å²) in [6, 6.07) is 7.87. The van der Waals surface area contributed by atoms with Crippen molar-refractivity contribution in [2.24, 2.45) is 0 Å². The monoisotopic (exact) mass is 309 g/mol. The molecule has 6 heteroatoms. The number of aromatic nitrogens is 2. The van der Waals surface area contributed by atoms with E-state index in [-0.39, 0.29) is 12.4 Å². The summed E-state index contributed by atoms with van der Waals surface area (Å²) in [6.45, 7) is 3.32. The van der Waals surface area contributed by atoms with Gasteiger partial charge in [-0.2, -0.15) is 4.98 Å². The van der Waals surface area contributed by atoms with Crippen LogP contribution in [0.4, 0.5) is 0 Å². The Kier molecular flexibility index (Phi) is 6.91. The van der Waals surface area contributed by atoms with E-state index in [0.717, 1.165) is 17.9 Å². The second-order valence-corrected chi connectivity index (χ2v) is 4.70. The molecule has 0 N–H and O–H groups in total. The number of benzene rings is 1. The lowest BCUT2D eigenvalue weighted by atomic mass is 10.2. The van der Waals surface area contributed by atoms with Crippen LogP contribution in [0.3, 0.4) is 0 Å². The van der Waals surface area contributed by atoms with E-state index < -0.39 is 0 Å². The summed E-state index contributed by atoms with van der Waals surface area (Å²) in [5.74, 6) is 1.97. The van der Waals surface area contributed by atoms with Gasteiger partial charge in [-0.1, -0.05) is 23.4 Å². The highest BCUT2D eigenvalue weighted by Crippen LogP contribution is 2.20. The molecule has 0 aliphatic heterocycles. The first-order chi connectivity index (χ1) is 9.65. The zero-order valence-electron chi connectivity index (χ0n) is 12.4. The number of aryl methyl sites for hydroxylation is 1. The van der Waals surface area contributed by atoms with Gasteiger partial charge in [0.2, 0.25) is 0 Å². The van der Waals surface area contributed by atoms with Crippen LogP contribution in [-0.2, 0) is 0 Å². The van der Waals surface area contributed by atoms with Crippen LogP contribution in [0.15, 0.2) is 28.8 Å². The van der Waals surface area contributed by atoms with Gasteiger partial charge in [-0.25, -0.2) is 0 Å². The Morgan fingerprint density at radius 1 is 1.24 bits per heavy atom. The Balaban J connectivity index is 0.00000220. The second-order valence-electron chi connectivity index (χ2n) is 4.70. The molecule has 0 saturated carbocycles. The maximum Gasteiger partial charge on any atom is 0.250 e. The molecule has 0 amide bonds. The Morgan fingerprint density at radius 2 is 2.00 bits per heavy atom. The number of nitrogens with zero attached hydrogens (tertiary/aromatic N) is 3. The minimum atomic E-state index is 0. The number of likely N-dealkylation sites (N-methyl/N-ethyl adjacent to an activating group) is 1. The van der Waals surface area contributed by atoms with E-state index in [1.807, 2.05) is 44.4 Å². The van der Waals surface area contributed by atoms with Crippen LogP contribution in [0.25, 0.3) is 12.2 Å². The van der Waals surface area contributed by atoms with Crippen LogP contribution in [0.2, 0.25) is 0 Å². The fourth-order valence-electron chi connectivity index (χ4n) is 1.63. The lowest BCUT2D eigenvalue weighted by Gasteiger charge is -2.12. The molecule has 1 aromatic heterocycles. The topological polar surface area (TPSA) is 51.4 Å². The Labute approximate surface area is 131 Å². The molecule has 0 aliphatic rings. The molecule has 114 valence electrons. The van der Waals surface area contributed by atoms with E-state index in [2.05, 4.69) is 15.0 Å². The van der Waals surface area contributed by atoms with Gasteiger partial charge in [-0.05, 0) is 33.2 Å². The first-order valence-corrected chi connectivity index (χ1v) is 6.50. The zero-order chi connectivity index (χ0) is 14.4. The maximum atomic E-state index is 5.78. The first-order valence-electron chi connectivity index (χ1n) is 6.50. The van der Waals surface area contributed by atoms with Crippen molar-refractivity contribution in [3.8, 4) is 5.75 Å². The summed E-state index contributed by atoms with van der Waals surface area (Å²) < 4.78 is 10.8. The van der Waals surface area contributed by atoms with Crippen LogP contribution in [-0.4, -0.2) is 42.3 Å². The zero-order valence-corrected chi connectivity index (χ0v) is 13.3. The van der Waals surface area contributed by atoms with Gasteiger partial charge in [0.05, 0.1) is 0 Å².